The second-order valence-corrected chi connectivity index (χ2v) is 13.4. The van der Waals surface area contributed by atoms with E-state index in [1.54, 1.807) is 45.2 Å². The molecule has 8 aromatic rings. The lowest BCUT2D eigenvalue weighted by molar-refractivity contribution is 0.0514. The van der Waals surface area contributed by atoms with Gasteiger partial charge in [0.05, 0.1) is 62.2 Å². The van der Waals surface area contributed by atoms with Crippen molar-refractivity contribution in [3.63, 3.8) is 0 Å². The molecule has 0 aliphatic carbocycles. The number of carbonyl (C=O) groups excluding carboxylic acids is 3. The Morgan fingerprint density at radius 1 is 0.515 bits per heavy atom. The maximum Gasteiger partial charge on any atom is 0.343 e. The molecule has 0 radical (unpaired) electrons. The van der Waals surface area contributed by atoms with Gasteiger partial charge in [0.2, 0.25) is 17.6 Å². The number of aromatic nitrogens is 4. The number of aromatic carboxylic acids is 1. The van der Waals surface area contributed by atoms with Crippen LogP contribution in [0.25, 0.3) is 43.6 Å². The molecule has 0 unspecified atom stereocenters. The molecule has 0 atom stereocenters. The van der Waals surface area contributed by atoms with Gasteiger partial charge in [-0.3, -0.25) is 4.79 Å². The number of para-hydroxylation sites is 4. The number of hydrogen-bond donors (Lipinski definition) is 4. The van der Waals surface area contributed by atoms with E-state index in [-0.39, 0.29) is 22.5 Å². The van der Waals surface area contributed by atoms with Gasteiger partial charge in [-0.1, -0.05) is 84.4 Å². The number of halogens is 1. The van der Waals surface area contributed by atoms with E-state index < -0.39 is 17.9 Å². The third kappa shape index (κ3) is 14.5. The van der Waals surface area contributed by atoms with Crippen molar-refractivity contribution in [2.75, 3.05) is 55.7 Å². The number of fused-ring (bicyclic) bond motifs is 4. The van der Waals surface area contributed by atoms with Crippen molar-refractivity contribution >= 4 is 79.0 Å². The number of pyridine rings is 4. The first-order valence-electron chi connectivity index (χ1n) is 20.8. The maximum absolute atomic E-state index is 11.7. The highest BCUT2D eigenvalue weighted by Crippen LogP contribution is 2.25. The van der Waals surface area contributed by atoms with Crippen LogP contribution in [0.3, 0.4) is 0 Å². The number of nitrogens with two attached hydrogens (primary N) is 2. The summed E-state index contributed by atoms with van der Waals surface area (Å²) >= 11 is 5.92. The molecule has 6 N–H and O–H groups in total. The van der Waals surface area contributed by atoms with Crippen LogP contribution < -0.4 is 31.0 Å². The molecule has 4 heterocycles. The SMILES string of the molecule is CCOC(=O)c1cc2ccccc2nc1Cl.CCOC(=O)c1cc2ccccc2nc1OC.CN.CN.CNC(=O)c1cc2ccccc2nc1OC.COc1nc2ccccc2cc1C(=O)O. The van der Waals surface area contributed by atoms with E-state index in [4.69, 9.17) is 40.4 Å². The highest BCUT2D eigenvalue weighted by atomic mass is 35.5. The Morgan fingerprint density at radius 2 is 0.824 bits per heavy atom. The number of hydrogen-bond acceptors (Lipinski definition) is 15. The number of amides is 1. The smallest absolute Gasteiger partial charge is 0.343 e. The number of benzene rings is 4. The Hall–Kier alpha value is -7.99. The van der Waals surface area contributed by atoms with Crippen molar-refractivity contribution in [1.82, 2.24) is 25.3 Å². The van der Waals surface area contributed by atoms with Crippen molar-refractivity contribution in [1.29, 1.82) is 0 Å². The van der Waals surface area contributed by atoms with E-state index in [9.17, 15) is 19.2 Å². The second kappa shape index (κ2) is 28.1. The van der Waals surface area contributed by atoms with E-state index in [0.717, 1.165) is 43.6 Å². The minimum absolute atomic E-state index is 0.0798. The summed E-state index contributed by atoms with van der Waals surface area (Å²) in [4.78, 5) is 62.6. The Bertz CT molecular complexity index is 2960. The van der Waals surface area contributed by atoms with Crippen LogP contribution in [0.5, 0.6) is 17.6 Å². The third-order valence-electron chi connectivity index (χ3n) is 9.02. The van der Waals surface area contributed by atoms with Gasteiger partial charge in [0.15, 0.2) is 0 Å². The first-order valence-corrected chi connectivity index (χ1v) is 21.2. The highest BCUT2D eigenvalue weighted by Gasteiger charge is 2.17. The molecule has 0 fully saturated rings. The summed E-state index contributed by atoms with van der Waals surface area (Å²) in [5.41, 5.74) is 13.3. The van der Waals surface area contributed by atoms with Gasteiger partial charge >= 0.3 is 17.9 Å². The second-order valence-electron chi connectivity index (χ2n) is 13.1. The van der Waals surface area contributed by atoms with Crippen LogP contribution >= 0.6 is 11.6 Å². The lowest BCUT2D eigenvalue weighted by Gasteiger charge is -2.08. The largest absolute Gasteiger partial charge is 0.480 e. The quantitative estimate of drug-likeness (QED) is 0.0786. The summed E-state index contributed by atoms with van der Waals surface area (Å²) in [5, 5.41) is 15.1. The standard InChI is InChI=1S/C13H13NO3.C12H10ClNO2.C12H12N2O2.C11H9NO3.2CH5N/c1-3-17-13(15)10-8-9-6-4-5-7-11(9)14-12(10)16-2;1-2-16-12(15)9-7-8-5-3-4-6-10(8)14-11(9)13;1-13-11(15)9-7-8-5-3-4-6-10(8)14-12(9)16-2;1-15-10-8(11(13)14)6-7-4-2-3-5-9(7)12-10;2*1-2/h4-8H,3H2,1-2H3;3-7H,2H2,1H3;3-7H,1-2H3,(H,13,15);2-6H,1H3,(H,13,14);2*2H2,1H3. The normalized spacial score (nSPS) is 9.81. The van der Waals surface area contributed by atoms with Gasteiger partial charge in [0, 0.05) is 28.6 Å². The van der Waals surface area contributed by atoms with Crippen LogP contribution in [0.15, 0.2) is 121 Å². The van der Waals surface area contributed by atoms with Gasteiger partial charge in [-0.25, -0.2) is 34.3 Å². The van der Waals surface area contributed by atoms with E-state index >= 15 is 0 Å². The number of esters is 2. The number of carboxylic acid groups (broad SMARTS) is 1. The number of carboxylic acids is 1. The highest BCUT2D eigenvalue weighted by molar-refractivity contribution is 6.33. The summed E-state index contributed by atoms with van der Waals surface area (Å²) in [6, 6.07) is 36.7. The molecule has 0 saturated carbocycles. The van der Waals surface area contributed by atoms with Crippen molar-refractivity contribution in [3.05, 3.63) is 149 Å². The molecule has 0 aliphatic heterocycles. The molecule has 0 saturated heterocycles. The van der Waals surface area contributed by atoms with E-state index in [1.807, 2.05) is 97.1 Å². The van der Waals surface area contributed by atoms with E-state index in [0.29, 0.717) is 41.7 Å². The molecule has 0 aliphatic rings. The molecular weight excluding hydrogens is 894 g/mol. The number of carbonyl (C=O) groups is 4. The summed E-state index contributed by atoms with van der Waals surface area (Å²) in [5.74, 6) is -1.31. The summed E-state index contributed by atoms with van der Waals surface area (Å²) < 4.78 is 25.0. The van der Waals surface area contributed by atoms with Gasteiger partial charge in [-0.15, -0.1) is 0 Å². The van der Waals surface area contributed by atoms with Crippen molar-refractivity contribution < 1.29 is 48.0 Å². The Morgan fingerprint density at radius 3 is 1.19 bits per heavy atom. The Labute approximate surface area is 398 Å². The van der Waals surface area contributed by atoms with Gasteiger partial charge in [-0.2, -0.15) is 0 Å². The molecule has 18 heteroatoms. The lowest BCUT2D eigenvalue weighted by Crippen LogP contribution is -2.19. The molecule has 356 valence electrons. The summed E-state index contributed by atoms with van der Waals surface area (Å²) in [6.07, 6.45) is 0. The van der Waals surface area contributed by atoms with Crippen LogP contribution in [-0.2, 0) is 9.47 Å². The number of ether oxygens (including phenoxy) is 5. The molecule has 4 aromatic heterocycles. The lowest BCUT2D eigenvalue weighted by atomic mass is 10.1. The molecular formula is C50H54ClN7O10. The molecule has 0 spiro atoms. The number of nitrogens with zero attached hydrogens (tertiary/aromatic N) is 4. The molecule has 0 bridgehead atoms. The predicted octanol–water partition coefficient (Wildman–Crippen LogP) is 8.18. The number of rotatable bonds is 9. The summed E-state index contributed by atoms with van der Waals surface area (Å²) in [7, 11) is 8.98. The first kappa shape index (κ1) is 54.3. The molecule has 8 rings (SSSR count). The minimum Gasteiger partial charge on any atom is -0.480 e. The Kier molecular flexibility index (Phi) is 22.5. The minimum atomic E-state index is -1.04. The predicted molar refractivity (Wildman–Crippen MR) is 264 cm³/mol. The molecule has 68 heavy (non-hydrogen) atoms. The van der Waals surface area contributed by atoms with Crippen molar-refractivity contribution in [2.45, 2.75) is 13.8 Å². The van der Waals surface area contributed by atoms with E-state index in [2.05, 4.69) is 36.7 Å². The average molecular weight is 948 g/mol. The van der Waals surface area contributed by atoms with Gasteiger partial charge in [0.1, 0.15) is 21.8 Å². The fourth-order valence-electron chi connectivity index (χ4n) is 6.01. The van der Waals surface area contributed by atoms with Crippen LogP contribution in [-0.4, -0.2) is 105 Å². The van der Waals surface area contributed by atoms with Crippen LogP contribution in [0.4, 0.5) is 0 Å². The zero-order valence-corrected chi connectivity index (χ0v) is 39.7. The van der Waals surface area contributed by atoms with Crippen molar-refractivity contribution in [3.8, 4) is 17.6 Å². The maximum atomic E-state index is 11.7. The zero-order chi connectivity index (χ0) is 50.2. The number of nitrogens with one attached hydrogen (secondary N) is 1. The molecule has 17 nitrogen and oxygen atoms in total. The van der Waals surface area contributed by atoms with Gasteiger partial charge in [0.25, 0.3) is 5.91 Å². The van der Waals surface area contributed by atoms with E-state index in [1.165, 1.54) is 35.4 Å². The van der Waals surface area contributed by atoms with Crippen LogP contribution in [0.1, 0.15) is 55.3 Å². The Balaban J connectivity index is 0.000000234. The topological polar surface area (TPSA) is 250 Å². The fourth-order valence-corrected chi connectivity index (χ4v) is 6.23. The third-order valence-corrected chi connectivity index (χ3v) is 9.31. The average Bonchev–Trinajstić information content (AvgIpc) is 3.38. The van der Waals surface area contributed by atoms with Crippen LogP contribution in [0, 0.1) is 0 Å². The van der Waals surface area contributed by atoms with Crippen LogP contribution in [0.2, 0.25) is 5.15 Å². The first-order chi connectivity index (χ1) is 33.0. The van der Waals surface area contributed by atoms with Gasteiger partial charge < -0.3 is 45.6 Å². The monoisotopic (exact) mass is 947 g/mol. The fraction of sp³-hybridized carbons (Fsp3) is 0.200. The zero-order valence-electron chi connectivity index (χ0n) is 38.9. The number of methoxy groups -OCH3 is 3. The molecule has 1 amide bonds. The van der Waals surface area contributed by atoms with Crippen molar-refractivity contribution in [2.24, 2.45) is 11.5 Å². The summed E-state index contributed by atoms with van der Waals surface area (Å²) in [6.45, 7) is 4.16. The van der Waals surface area contributed by atoms with Gasteiger partial charge in [-0.05, 0) is 76.5 Å². The molecule has 4 aromatic carbocycles.